The summed E-state index contributed by atoms with van der Waals surface area (Å²) in [7, 11) is 0. The van der Waals surface area contributed by atoms with Gasteiger partial charge in [-0.1, -0.05) is 25.7 Å². The van der Waals surface area contributed by atoms with Crippen LogP contribution in [-0.2, 0) is 4.74 Å². The molecule has 0 atom stereocenters. The van der Waals surface area contributed by atoms with Crippen molar-refractivity contribution in [2.24, 2.45) is 0 Å². The third kappa shape index (κ3) is 3.76. The Kier molecular flexibility index (Phi) is 5.34. The number of anilines is 2. The lowest BCUT2D eigenvalue weighted by Gasteiger charge is -2.29. The first kappa shape index (κ1) is 18.5. The minimum Gasteiger partial charge on any atom is -0.478 e. The van der Waals surface area contributed by atoms with Crippen LogP contribution in [0.5, 0.6) is 0 Å². The summed E-state index contributed by atoms with van der Waals surface area (Å²) in [4.78, 5) is 32.1. The van der Waals surface area contributed by atoms with Gasteiger partial charge in [-0.2, -0.15) is 0 Å². The lowest BCUT2D eigenvalue weighted by atomic mass is 10.1. The number of aromatic carboxylic acids is 1. The molecule has 0 radical (unpaired) electrons. The fourth-order valence-electron chi connectivity index (χ4n) is 3.63. The second-order valence-electron chi connectivity index (χ2n) is 7.66. The normalized spacial score (nSPS) is 20.9. The maximum absolute atomic E-state index is 12.2. The maximum atomic E-state index is 12.2. The highest BCUT2D eigenvalue weighted by Gasteiger charge is 2.42. The predicted molar refractivity (Wildman–Crippen MR) is 99.0 cm³/mol. The minimum absolute atomic E-state index is 0.179. The first-order chi connectivity index (χ1) is 12.4. The van der Waals surface area contributed by atoms with Gasteiger partial charge in [0, 0.05) is 13.1 Å². The number of nitrogens with zero attached hydrogens (tertiary/aromatic N) is 3. The first-order valence-electron chi connectivity index (χ1n) is 9.36. The molecule has 0 bridgehead atoms. The van der Waals surface area contributed by atoms with Gasteiger partial charge in [0.2, 0.25) is 0 Å². The second-order valence-corrected chi connectivity index (χ2v) is 7.66. The SMILES string of the molecule is CC1(C)COC(=O)N1c1ccc(C(=O)O)c(N2CCCCCCCC2)n1. The zero-order valence-electron chi connectivity index (χ0n) is 15.5. The number of carbonyl (C=O) groups is 2. The van der Waals surface area contributed by atoms with E-state index in [1.54, 1.807) is 12.1 Å². The van der Waals surface area contributed by atoms with Crippen LogP contribution in [-0.4, -0.2) is 47.4 Å². The van der Waals surface area contributed by atoms with Gasteiger partial charge in [0.05, 0.1) is 5.54 Å². The van der Waals surface area contributed by atoms with Gasteiger partial charge in [-0.15, -0.1) is 0 Å². The van der Waals surface area contributed by atoms with Crippen LogP contribution >= 0.6 is 0 Å². The van der Waals surface area contributed by atoms with Crippen molar-refractivity contribution in [2.75, 3.05) is 29.5 Å². The Hall–Kier alpha value is -2.31. The van der Waals surface area contributed by atoms with Gasteiger partial charge in [-0.05, 0) is 38.8 Å². The minimum atomic E-state index is -0.998. The number of carbonyl (C=O) groups excluding carboxylic acids is 1. The van der Waals surface area contributed by atoms with Gasteiger partial charge >= 0.3 is 12.1 Å². The third-order valence-electron chi connectivity index (χ3n) is 5.06. The number of carboxylic acid groups (broad SMARTS) is 1. The van der Waals surface area contributed by atoms with Crippen molar-refractivity contribution in [2.45, 2.75) is 57.9 Å². The van der Waals surface area contributed by atoms with Crippen molar-refractivity contribution in [3.63, 3.8) is 0 Å². The van der Waals surface area contributed by atoms with Crippen LogP contribution in [0.15, 0.2) is 12.1 Å². The second kappa shape index (κ2) is 7.51. The molecule has 3 heterocycles. The number of ether oxygens (including phenoxy) is 1. The number of cyclic esters (lactones) is 1. The monoisotopic (exact) mass is 361 g/mol. The van der Waals surface area contributed by atoms with Crippen molar-refractivity contribution < 1.29 is 19.4 Å². The molecule has 0 unspecified atom stereocenters. The number of pyridine rings is 1. The molecule has 7 nitrogen and oxygen atoms in total. The highest BCUT2D eigenvalue weighted by atomic mass is 16.6. The first-order valence-corrected chi connectivity index (χ1v) is 9.36. The van der Waals surface area contributed by atoms with Gasteiger partial charge in [0.25, 0.3) is 0 Å². The summed E-state index contributed by atoms with van der Waals surface area (Å²) in [5.74, 6) is -0.105. The molecule has 1 amide bonds. The molecule has 0 spiro atoms. The summed E-state index contributed by atoms with van der Waals surface area (Å²) in [5, 5.41) is 9.62. The van der Waals surface area contributed by atoms with Crippen LogP contribution in [0.25, 0.3) is 0 Å². The summed E-state index contributed by atoms with van der Waals surface area (Å²) >= 11 is 0. The van der Waals surface area contributed by atoms with Crippen molar-refractivity contribution >= 4 is 23.7 Å². The molecule has 2 aliphatic heterocycles. The Morgan fingerprint density at radius 2 is 1.73 bits per heavy atom. The molecule has 0 saturated carbocycles. The number of rotatable bonds is 3. The molecule has 0 aromatic carbocycles. The molecular formula is C19H27N3O4. The predicted octanol–water partition coefficient (Wildman–Crippen LogP) is 3.68. The van der Waals surface area contributed by atoms with Crippen molar-refractivity contribution in [3.05, 3.63) is 17.7 Å². The lowest BCUT2D eigenvalue weighted by Crippen LogP contribution is -2.43. The van der Waals surface area contributed by atoms with E-state index in [-0.39, 0.29) is 12.2 Å². The molecule has 1 aromatic rings. The number of hydrogen-bond acceptors (Lipinski definition) is 5. The van der Waals surface area contributed by atoms with E-state index in [0.717, 1.165) is 38.8 Å². The maximum Gasteiger partial charge on any atom is 0.416 e. The molecule has 3 rings (SSSR count). The van der Waals surface area contributed by atoms with Gasteiger partial charge in [-0.25, -0.2) is 14.6 Å². The zero-order valence-corrected chi connectivity index (χ0v) is 15.5. The van der Waals surface area contributed by atoms with E-state index < -0.39 is 17.6 Å². The fraction of sp³-hybridized carbons (Fsp3) is 0.632. The summed E-state index contributed by atoms with van der Waals surface area (Å²) in [6, 6.07) is 3.14. The van der Waals surface area contributed by atoms with Crippen LogP contribution in [0.3, 0.4) is 0 Å². The molecule has 1 N–H and O–H groups in total. The van der Waals surface area contributed by atoms with Crippen LogP contribution < -0.4 is 9.80 Å². The van der Waals surface area contributed by atoms with E-state index in [0.29, 0.717) is 11.6 Å². The average molecular weight is 361 g/mol. The molecule has 1 aromatic heterocycles. The van der Waals surface area contributed by atoms with Gasteiger partial charge in [0.1, 0.15) is 23.8 Å². The van der Waals surface area contributed by atoms with Crippen LogP contribution in [0.2, 0.25) is 0 Å². The topological polar surface area (TPSA) is 83.0 Å². The number of hydrogen-bond donors (Lipinski definition) is 1. The summed E-state index contributed by atoms with van der Waals surface area (Å²) in [6.07, 6.45) is 6.32. The van der Waals surface area contributed by atoms with Gasteiger partial charge in [-0.3, -0.25) is 4.90 Å². The fourth-order valence-corrected chi connectivity index (χ4v) is 3.63. The third-order valence-corrected chi connectivity index (χ3v) is 5.06. The van der Waals surface area contributed by atoms with Gasteiger partial charge in [0.15, 0.2) is 0 Å². The highest BCUT2D eigenvalue weighted by molar-refractivity contribution is 5.95. The van der Waals surface area contributed by atoms with Gasteiger partial charge < -0.3 is 14.7 Å². The highest BCUT2D eigenvalue weighted by Crippen LogP contribution is 2.32. The molecule has 2 fully saturated rings. The Morgan fingerprint density at radius 3 is 2.27 bits per heavy atom. The summed E-state index contributed by atoms with van der Waals surface area (Å²) in [5.41, 5.74) is -0.335. The summed E-state index contributed by atoms with van der Waals surface area (Å²) in [6.45, 7) is 5.66. The Bertz CT molecular complexity index is 679. The standard InChI is InChI=1S/C19H27N3O4/c1-19(2)13-26-18(25)22(19)15-10-9-14(17(23)24)16(20-15)21-11-7-5-3-4-6-8-12-21/h9-10H,3-8,11-13H2,1-2H3,(H,23,24). The van der Waals surface area contributed by atoms with E-state index in [2.05, 4.69) is 9.88 Å². The molecule has 7 heteroatoms. The molecule has 0 aliphatic carbocycles. The zero-order chi connectivity index (χ0) is 18.7. The average Bonchev–Trinajstić information content (AvgIpc) is 2.94. The molecule has 2 saturated heterocycles. The number of amides is 1. The van der Waals surface area contributed by atoms with E-state index in [4.69, 9.17) is 4.74 Å². The van der Waals surface area contributed by atoms with Crippen molar-refractivity contribution in [1.29, 1.82) is 0 Å². The quantitative estimate of drug-likeness (QED) is 0.884. The Balaban J connectivity index is 1.98. The largest absolute Gasteiger partial charge is 0.478 e. The smallest absolute Gasteiger partial charge is 0.416 e. The molecule has 2 aliphatic rings. The molecule has 26 heavy (non-hydrogen) atoms. The van der Waals surface area contributed by atoms with E-state index in [1.807, 2.05) is 13.8 Å². The Labute approximate surface area is 153 Å². The lowest BCUT2D eigenvalue weighted by molar-refractivity contribution is 0.0697. The van der Waals surface area contributed by atoms with Crippen LogP contribution in [0.4, 0.5) is 16.4 Å². The van der Waals surface area contributed by atoms with Crippen LogP contribution in [0, 0.1) is 0 Å². The number of carboxylic acids is 1. The summed E-state index contributed by atoms with van der Waals surface area (Å²) < 4.78 is 5.17. The van der Waals surface area contributed by atoms with E-state index in [1.165, 1.54) is 17.7 Å². The van der Waals surface area contributed by atoms with Crippen molar-refractivity contribution in [1.82, 2.24) is 4.98 Å². The van der Waals surface area contributed by atoms with Crippen molar-refractivity contribution in [3.8, 4) is 0 Å². The van der Waals surface area contributed by atoms with E-state index >= 15 is 0 Å². The van der Waals surface area contributed by atoms with Crippen LogP contribution in [0.1, 0.15) is 62.7 Å². The molecule has 142 valence electrons. The van der Waals surface area contributed by atoms with E-state index in [9.17, 15) is 14.7 Å². The molecular weight excluding hydrogens is 334 g/mol. The Morgan fingerprint density at radius 1 is 1.12 bits per heavy atom. The number of aromatic nitrogens is 1.